The maximum absolute atomic E-state index is 5.53. The molecule has 0 saturated heterocycles. The molecule has 0 heterocycles. The largest absolute Gasteiger partial charge is 0.462 e. The number of hydrogen-bond donors (Lipinski definition) is 0. The molecule has 0 spiro atoms. The number of thioether (sulfide) groups is 1. The van der Waals surface area contributed by atoms with Crippen molar-refractivity contribution >= 4 is 28.4 Å². The first-order valence-corrected chi connectivity index (χ1v) is 6.26. The minimum atomic E-state index is 0.108. The first-order valence-electron chi connectivity index (χ1n) is 4.63. The Morgan fingerprint density at radius 2 is 2.00 bits per heavy atom. The summed E-state index contributed by atoms with van der Waals surface area (Å²) in [5.74, 6) is 0.557. The SMILES string of the molecule is CC/C(C)=C(/OC(=S)SC)OC(C)C. The van der Waals surface area contributed by atoms with E-state index in [2.05, 4.69) is 6.92 Å². The van der Waals surface area contributed by atoms with Crippen LogP contribution in [0.4, 0.5) is 0 Å². The maximum atomic E-state index is 5.53. The third-order valence-electron chi connectivity index (χ3n) is 1.56. The van der Waals surface area contributed by atoms with Crippen LogP contribution in [0.5, 0.6) is 0 Å². The van der Waals surface area contributed by atoms with Gasteiger partial charge < -0.3 is 9.47 Å². The molecule has 14 heavy (non-hydrogen) atoms. The van der Waals surface area contributed by atoms with Crippen LogP contribution < -0.4 is 0 Å². The van der Waals surface area contributed by atoms with Crippen molar-refractivity contribution in [2.45, 2.75) is 40.2 Å². The van der Waals surface area contributed by atoms with E-state index in [-0.39, 0.29) is 6.10 Å². The van der Waals surface area contributed by atoms with Crippen molar-refractivity contribution in [2.75, 3.05) is 6.26 Å². The molecule has 0 fully saturated rings. The third kappa shape index (κ3) is 5.50. The Hall–Kier alpha value is -0.220. The summed E-state index contributed by atoms with van der Waals surface area (Å²) in [4.78, 5) is 0. The van der Waals surface area contributed by atoms with Crippen LogP contribution in [0, 0.1) is 0 Å². The quantitative estimate of drug-likeness (QED) is 0.545. The van der Waals surface area contributed by atoms with E-state index >= 15 is 0 Å². The highest BCUT2D eigenvalue weighted by atomic mass is 32.2. The lowest BCUT2D eigenvalue weighted by atomic mass is 10.2. The summed E-state index contributed by atoms with van der Waals surface area (Å²) >= 11 is 6.38. The van der Waals surface area contributed by atoms with Gasteiger partial charge in [-0.15, -0.1) is 0 Å². The van der Waals surface area contributed by atoms with Crippen LogP contribution in [0.3, 0.4) is 0 Å². The summed E-state index contributed by atoms with van der Waals surface area (Å²) in [7, 11) is 0. The molecule has 0 amide bonds. The molecular weight excluding hydrogens is 216 g/mol. The zero-order chi connectivity index (χ0) is 11.1. The highest BCUT2D eigenvalue weighted by Gasteiger charge is 2.09. The lowest BCUT2D eigenvalue weighted by Crippen LogP contribution is -2.09. The van der Waals surface area contributed by atoms with Gasteiger partial charge in [-0.25, -0.2) is 0 Å². The van der Waals surface area contributed by atoms with Gasteiger partial charge in [-0.1, -0.05) is 18.7 Å². The first-order chi connectivity index (χ1) is 6.51. The highest BCUT2D eigenvalue weighted by molar-refractivity contribution is 8.22. The minimum absolute atomic E-state index is 0.108. The fraction of sp³-hybridized carbons (Fsp3) is 0.700. The fourth-order valence-corrected chi connectivity index (χ4v) is 0.922. The molecule has 0 unspecified atom stereocenters. The smallest absolute Gasteiger partial charge is 0.284 e. The van der Waals surface area contributed by atoms with Crippen LogP contribution in [0.25, 0.3) is 0 Å². The Balaban J connectivity index is 4.48. The Morgan fingerprint density at radius 3 is 2.36 bits per heavy atom. The van der Waals surface area contributed by atoms with E-state index in [1.54, 1.807) is 0 Å². The number of thiocarbonyl (C=S) groups is 1. The lowest BCUT2D eigenvalue weighted by Gasteiger charge is -2.16. The maximum Gasteiger partial charge on any atom is 0.284 e. The zero-order valence-corrected chi connectivity index (χ0v) is 11.1. The highest BCUT2D eigenvalue weighted by Crippen LogP contribution is 2.16. The molecule has 0 bridgehead atoms. The van der Waals surface area contributed by atoms with Crippen LogP contribution in [-0.2, 0) is 9.47 Å². The Kier molecular flexibility index (Phi) is 7.01. The van der Waals surface area contributed by atoms with Gasteiger partial charge in [-0.3, -0.25) is 0 Å². The Labute approximate surface area is 96.0 Å². The van der Waals surface area contributed by atoms with Crippen molar-refractivity contribution in [3.8, 4) is 0 Å². The number of allylic oxidation sites excluding steroid dienone is 1. The molecule has 0 aliphatic carbocycles. The number of hydrogen-bond acceptors (Lipinski definition) is 4. The second-order valence-corrected chi connectivity index (χ2v) is 4.55. The molecule has 0 saturated carbocycles. The van der Waals surface area contributed by atoms with Gasteiger partial charge in [-0.2, -0.15) is 0 Å². The summed E-state index contributed by atoms with van der Waals surface area (Å²) in [6, 6.07) is 0. The molecule has 4 heteroatoms. The predicted octanol–water partition coefficient (Wildman–Crippen LogP) is 3.72. The summed E-state index contributed by atoms with van der Waals surface area (Å²) in [6.07, 6.45) is 2.89. The third-order valence-corrected chi connectivity index (χ3v) is 2.56. The van der Waals surface area contributed by atoms with Gasteiger partial charge >= 0.3 is 0 Å². The predicted molar refractivity (Wildman–Crippen MR) is 66.4 cm³/mol. The fourth-order valence-electron chi connectivity index (χ4n) is 0.688. The lowest BCUT2D eigenvalue weighted by molar-refractivity contribution is 0.0573. The molecular formula is C10H18O2S2. The van der Waals surface area contributed by atoms with Gasteiger partial charge in [0.1, 0.15) is 0 Å². The monoisotopic (exact) mass is 234 g/mol. The van der Waals surface area contributed by atoms with Crippen LogP contribution in [0.1, 0.15) is 34.1 Å². The molecule has 0 N–H and O–H groups in total. The molecule has 0 aromatic heterocycles. The van der Waals surface area contributed by atoms with Crippen molar-refractivity contribution < 1.29 is 9.47 Å². The van der Waals surface area contributed by atoms with Crippen molar-refractivity contribution in [2.24, 2.45) is 0 Å². The number of ether oxygens (including phenoxy) is 2. The first kappa shape index (κ1) is 13.8. The topological polar surface area (TPSA) is 18.5 Å². The molecule has 0 aliphatic rings. The molecule has 82 valence electrons. The average molecular weight is 234 g/mol. The molecule has 0 radical (unpaired) electrons. The van der Waals surface area contributed by atoms with Gasteiger partial charge in [0.2, 0.25) is 4.38 Å². The van der Waals surface area contributed by atoms with Crippen molar-refractivity contribution in [3.05, 3.63) is 11.5 Å². The Morgan fingerprint density at radius 1 is 1.43 bits per heavy atom. The van der Waals surface area contributed by atoms with E-state index in [4.69, 9.17) is 21.7 Å². The summed E-state index contributed by atoms with van der Waals surface area (Å²) in [5, 5.41) is 0. The van der Waals surface area contributed by atoms with Crippen LogP contribution in [-0.4, -0.2) is 16.7 Å². The summed E-state index contributed by atoms with van der Waals surface area (Å²) < 4.78 is 11.4. The van der Waals surface area contributed by atoms with Gasteiger partial charge in [0.05, 0.1) is 6.10 Å². The molecule has 0 aromatic carbocycles. The van der Waals surface area contributed by atoms with E-state index < -0.39 is 0 Å². The van der Waals surface area contributed by atoms with Gasteiger partial charge in [0.15, 0.2) is 0 Å². The van der Waals surface area contributed by atoms with Crippen LogP contribution >= 0.6 is 24.0 Å². The van der Waals surface area contributed by atoms with Crippen molar-refractivity contribution in [3.63, 3.8) is 0 Å². The molecule has 2 nitrogen and oxygen atoms in total. The Bertz CT molecular complexity index is 222. The standard InChI is InChI=1S/C10H18O2S2/c1-6-8(4)9(11-7(2)3)12-10(13)14-5/h7H,6H2,1-5H3/b9-8+. The zero-order valence-electron chi connectivity index (χ0n) is 9.42. The van der Waals surface area contributed by atoms with E-state index in [0.717, 1.165) is 12.0 Å². The molecule has 0 aliphatic heterocycles. The summed E-state index contributed by atoms with van der Waals surface area (Å²) in [6.45, 7) is 7.98. The molecule has 0 aromatic rings. The second-order valence-electron chi connectivity index (χ2n) is 3.14. The second kappa shape index (κ2) is 7.12. The average Bonchev–Trinajstić information content (AvgIpc) is 2.14. The van der Waals surface area contributed by atoms with Gasteiger partial charge in [-0.05, 0) is 45.7 Å². The number of rotatable bonds is 4. The van der Waals surface area contributed by atoms with E-state index in [0.29, 0.717) is 10.3 Å². The van der Waals surface area contributed by atoms with Crippen LogP contribution in [0.2, 0.25) is 0 Å². The van der Waals surface area contributed by atoms with Gasteiger partial charge in [0, 0.05) is 5.57 Å². The van der Waals surface area contributed by atoms with E-state index in [1.165, 1.54) is 11.8 Å². The van der Waals surface area contributed by atoms with E-state index in [9.17, 15) is 0 Å². The normalized spacial score (nSPS) is 12.4. The van der Waals surface area contributed by atoms with Crippen molar-refractivity contribution in [1.82, 2.24) is 0 Å². The minimum Gasteiger partial charge on any atom is -0.462 e. The summed E-state index contributed by atoms with van der Waals surface area (Å²) in [5.41, 5.74) is 1.08. The van der Waals surface area contributed by atoms with Crippen LogP contribution in [0.15, 0.2) is 11.5 Å². The van der Waals surface area contributed by atoms with Gasteiger partial charge in [0.25, 0.3) is 5.95 Å². The molecule has 0 rings (SSSR count). The van der Waals surface area contributed by atoms with E-state index in [1.807, 2.05) is 27.0 Å². The molecule has 0 atom stereocenters. The van der Waals surface area contributed by atoms with Crippen molar-refractivity contribution in [1.29, 1.82) is 0 Å².